The molecule has 5 aromatic carbocycles. The molecule has 2 nitrogen and oxygen atoms in total. The Hall–Kier alpha value is -4.82. The molecule has 8 rings (SSSR count). The van der Waals surface area contributed by atoms with Crippen molar-refractivity contribution in [2.45, 2.75) is 12.8 Å². The lowest BCUT2D eigenvalue weighted by molar-refractivity contribution is 0.951. The highest BCUT2D eigenvalue weighted by Gasteiger charge is 2.14. The Morgan fingerprint density at radius 2 is 1.24 bits per heavy atom. The van der Waals surface area contributed by atoms with Gasteiger partial charge in [-0.1, -0.05) is 91.0 Å². The highest BCUT2D eigenvalue weighted by molar-refractivity contribution is 6.10. The molecule has 1 N–H and O–H groups in total. The quantitative estimate of drug-likeness (QED) is 0.257. The summed E-state index contributed by atoms with van der Waals surface area (Å²) in [5.74, 6) is 0. The van der Waals surface area contributed by atoms with Gasteiger partial charge in [0.05, 0.1) is 11.0 Å². The lowest BCUT2D eigenvalue weighted by Crippen LogP contribution is -1.92. The fraction of sp³-hybridized carbons (Fsp3) is 0.0556. The van der Waals surface area contributed by atoms with E-state index >= 15 is 0 Å². The van der Waals surface area contributed by atoms with Gasteiger partial charge in [-0.15, -0.1) is 0 Å². The molecule has 0 aliphatic heterocycles. The highest BCUT2D eigenvalue weighted by atomic mass is 15.0. The van der Waals surface area contributed by atoms with E-state index in [9.17, 15) is 0 Å². The molecule has 180 valence electrons. The van der Waals surface area contributed by atoms with Crippen LogP contribution in [0.5, 0.6) is 0 Å². The van der Waals surface area contributed by atoms with Crippen LogP contribution in [0.15, 0.2) is 121 Å². The molecule has 2 heterocycles. The minimum atomic E-state index is 1.10. The summed E-state index contributed by atoms with van der Waals surface area (Å²) in [6.45, 7) is 0. The van der Waals surface area contributed by atoms with E-state index in [1.54, 1.807) is 0 Å². The van der Waals surface area contributed by atoms with Crippen LogP contribution in [0.3, 0.4) is 0 Å². The van der Waals surface area contributed by atoms with E-state index in [0.29, 0.717) is 0 Å². The summed E-state index contributed by atoms with van der Waals surface area (Å²) >= 11 is 0. The van der Waals surface area contributed by atoms with Gasteiger partial charge in [-0.05, 0) is 71.5 Å². The molecule has 2 heteroatoms. The first-order chi connectivity index (χ1) is 18.8. The number of allylic oxidation sites excluding steroid dienone is 1. The number of para-hydroxylation sites is 2. The monoisotopic (exact) mass is 486 g/mol. The van der Waals surface area contributed by atoms with Crippen LogP contribution in [0.25, 0.3) is 66.7 Å². The molecular formula is C36H26N2. The summed E-state index contributed by atoms with van der Waals surface area (Å²) in [7, 11) is 0. The normalized spacial score (nSPS) is 12.9. The molecule has 0 radical (unpaired) electrons. The maximum atomic E-state index is 3.66. The van der Waals surface area contributed by atoms with Crippen LogP contribution in [0, 0.1) is 0 Å². The topological polar surface area (TPSA) is 20.7 Å². The van der Waals surface area contributed by atoms with Gasteiger partial charge in [0, 0.05) is 38.6 Å². The first-order valence-corrected chi connectivity index (χ1v) is 13.3. The summed E-state index contributed by atoms with van der Waals surface area (Å²) in [5.41, 5.74) is 12.5. The zero-order valence-corrected chi connectivity index (χ0v) is 21.0. The molecule has 0 bridgehead atoms. The number of nitrogens with zero attached hydrogens (tertiary/aromatic N) is 1. The van der Waals surface area contributed by atoms with Crippen molar-refractivity contribution in [2.24, 2.45) is 0 Å². The molecule has 2 aromatic heterocycles. The smallest absolute Gasteiger partial charge is 0.0541 e. The Balaban J connectivity index is 1.19. The van der Waals surface area contributed by atoms with Crippen LogP contribution in [-0.4, -0.2) is 9.55 Å². The SMILES string of the molecule is C1=Cc2c([nH]c3cc(-c4ccc(-c5ccc6c(c5)c5ccccc5n6-c5ccccc5)cc4)ccc23)CC1. The number of nitrogens with one attached hydrogen (secondary N) is 1. The standard InChI is InChI=1S/C36H26N2/c1-2-8-28(9-3-1)38-35-13-7-5-11-31(35)32-22-26(19-21-36(32)38)24-14-16-25(17-15-24)27-18-20-30-29-10-4-6-12-33(29)37-34(30)23-27/h1-5,7-11,13-23,37H,6,12H2. The van der Waals surface area contributed by atoms with Crippen molar-refractivity contribution in [3.05, 3.63) is 133 Å². The molecule has 0 saturated carbocycles. The second kappa shape index (κ2) is 8.36. The van der Waals surface area contributed by atoms with E-state index in [1.807, 2.05) is 0 Å². The number of hydrogen-bond donors (Lipinski definition) is 1. The van der Waals surface area contributed by atoms with E-state index in [4.69, 9.17) is 0 Å². The third-order valence-electron chi connectivity index (χ3n) is 8.00. The molecule has 7 aromatic rings. The van der Waals surface area contributed by atoms with Gasteiger partial charge in [-0.25, -0.2) is 0 Å². The van der Waals surface area contributed by atoms with Gasteiger partial charge in [0.15, 0.2) is 0 Å². The fourth-order valence-corrected chi connectivity index (χ4v) is 6.13. The van der Waals surface area contributed by atoms with E-state index in [1.165, 1.54) is 71.9 Å². The fourth-order valence-electron chi connectivity index (χ4n) is 6.13. The Labute approximate surface area is 221 Å². The number of aromatic amines is 1. The number of rotatable bonds is 3. The molecule has 1 aliphatic rings. The van der Waals surface area contributed by atoms with Gasteiger partial charge in [-0.3, -0.25) is 0 Å². The lowest BCUT2D eigenvalue weighted by atomic mass is 9.97. The predicted octanol–water partition coefficient (Wildman–Crippen LogP) is 9.56. The van der Waals surface area contributed by atoms with Gasteiger partial charge in [0.2, 0.25) is 0 Å². The van der Waals surface area contributed by atoms with E-state index in [0.717, 1.165) is 12.8 Å². The number of aromatic nitrogens is 2. The van der Waals surface area contributed by atoms with Gasteiger partial charge < -0.3 is 9.55 Å². The van der Waals surface area contributed by atoms with Crippen molar-refractivity contribution in [3.8, 4) is 27.9 Å². The average Bonchev–Trinajstić information content (AvgIpc) is 3.52. The second-order valence-electron chi connectivity index (χ2n) is 10.2. The van der Waals surface area contributed by atoms with E-state index in [-0.39, 0.29) is 0 Å². The zero-order valence-electron chi connectivity index (χ0n) is 21.0. The molecule has 0 amide bonds. The summed E-state index contributed by atoms with van der Waals surface area (Å²) in [6, 6.07) is 42.0. The van der Waals surface area contributed by atoms with Crippen LogP contribution < -0.4 is 0 Å². The number of hydrogen-bond acceptors (Lipinski definition) is 0. The summed E-state index contributed by atoms with van der Waals surface area (Å²) in [4.78, 5) is 3.66. The molecule has 0 spiro atoms. The second-order valence-corrected chi connectivity index (χ2v) is 10.2. The van der Waals surface area contributed by atoms with Crippen molar-refractivity contribution >= 4 is 38.8 Å². The summed E-state index contributed by atoms with van der Waals surface area (Å²) in [6.07, 6.45) is 6.75. The van der Waals surface area contributed by atoms with Crippen molar-refractivity contribution < 1.29 is 0 Å². The zero-order chi connectivity index (χ0) is 25.1. The molecule has 0 saturated heterocycles. The number of H-pyrrole nitrogens is 1. The minimum Gasteiger partial charge on any atom is -0.358 e. The molecule has 1 aliphatic carbocycles. The van der Waals surface area contributed by atoms with Gasteiger partial charge in [0.25, 0.3) is 0 Å². The van der Waals surface area contributed by atoms with Crippen LogP contribution >= 0.6 is 0 Å². The van der Waals surface area contributed by atoms with Crippen molar-refractivity contribution in [1.29, 1.82) is 0 Å². The minimum absolute atomic E-state index is 1.10. The molecule has 38 heavy (non-hydrogen) atoms. The average molecular weight is 487 g/mol. The molecule has 0 unspecified atom stereocenters. The van der Waals surface area contributed by atoms with E-state index < -0.39 is 0 Å². The maximum Gasteiger partial charge on any atom is 0.0541 e. The first-order valence-electron chi connectivity index (χ1n) is 13.3. The molecule has 0 fully saturated rings. The Morgan fingerprint density at radius 1 is 0.553 bits per heavy atom. The van der Waals surface area contributed by atoms with E-state index in [2.05, 4.69) is 137 Å². The Kier molecular flexibility index (Phi) is 4.68. The summed E-state index contributed by atoms with van der Waals surface area (Å²) < 4.78 is 2.36. The molecule has 0 atom stereocenters. The Bertz CT molecular complexity index is 2000. The van der Waals surface area contributed by atoms with Crippen LogP contribution in [0.2, 0.25) is 0 Å². The van der Waals surface area contributed by atoms with Crippen molar-refractivity contribution in [2.75, 3.05) is 0 Å². The summed E-state index contributed by atoms with van der Waals surface area (Å²) in [5, 5.41) is 3.88. The third-order valence-corrected chi connectivity index (χ3v) is 8.00. The predicted molar refractivity (Wildman–Crippen MR) is 161 cm³/mol. The number of aryl methyl sites for hydroxylation is 1. The molecular weight excluding hydrogens is 460 g/mol. The van der Waals surface area contributed by atoms with Crippen LogP contribution in [0.1, 0.15) is 17.7 Å². The lowest BCUT2D eigenvalue weighted by Gasteiger charge is -2.09. The van der Waals surface area contributed by atoms with Gasteiger partial charge in [-0.2, -0.15) is 0 Å². The van der Waals surface area contributed by atoms with Gasteiger partial charge in [0.1, 0.15) is 0 Å². The third kappa shape index (κ3) is 3.27. The Morgan fingerprint density at radius 3 is 2.08 bits per heavy atom. The van der Waals surface area contributed by atoms with Gasteiger partial charge >= 0.3 is 0 Å². The van der Waals surface area contributed by atoms with Crippen LogP contribution in [0.4, 0.5) is 0 Å². The first kappa shape index (κ1) is 21.3. The van der Waals surface area contributed by atoms with Crippen molar-refractivity contribution in [1.82, 2.24) is 9.55 Å². The number of benzene rings is 5. The van der Waals surface area contributed by atoms with Crippen molar-refractivity contribution in [3.63, 3.8) is 0 Å². The number of fused-ring (bicyclic) bond motifs is 6. The largest absolute Gasteiger partial charge is 0.358 e. The maximum absolute atomic E-state index is 3.66. The van der Waals surface area contributed by atoms with Crippen LogP contribution in [-0.2, 0) is 6.42 Å². The highest BCUT2D eigenvalue weighted by Crippen LogP contribution is 2.36.